The van der Waals surface area contributed by atoms with Crippen LogP contribution in [0.1, 0.15) is 30.3 Å². The van der Waals surface area contributed by atoms with E-state index in [4.69, 9.17) is 40.3 Å². The molecule has 16 heteroatoms. The minimum atomic E-state index is -0.679. The number of carbonyl (C=O) groups is 2. The Hall–Kier alpha value is -3.59. The summed E-state index contributed by atoms with van der Waals surface area (Å²) in [5, 5.41) is 7.37. The van der Waals surface area contributed by atoms with Crippen LogP contribution < -0.4 is 34.0 Å². The van der Waals surface area contributed by atoms with Crippen LogP contribution in [-0.4, -0.2) is 94.4 Å². The van der Waals surface area contributed by atoms with Crippen LogP contribution in [0.5, 0.6) is 0 Å². The van der Waals surface area contributed by atoms with Crippen LogP contribution in [0, 0.1) is 0 Å². The first-order chi connectivity index (χ1) is 16.1. The standard InChI is InChI=1S/C18H32ClN13O2/c1-2-32(29-16(22)23)18(34)31-9-7-30(8-10-31)6-4-3-5-25-17(24)28-15(33)11-13(20)27-14(21)12(19)26-11/h2-10H2,1H3,(H4,20,21,27)(H4,22,23,29)(H3,24,25,28,33). The maximum atomic E-state index is 12.5. The maximum absolute atomic E-state index is 12.5. The number of nitrogens with one attached hydrogen (secondary N) is 1. The Kier molecular flexibility index (Phi) is 9.88. The second-order valence-electron chi connectivity index (χ2n) is 7.41. The van der Waals surface area contributed by atoms with Gasteiger partial charge in [0.25, 0.3) is 5.91 Å². The van der Waals surface area contributed by atoms with Crippen molar-refractivity contribution < 1.29 is 9.59 Å². The number of carbonyl (C=O) groups excluding carboxylic acids is 2. The van der Waals surface area contributed by atoms with Gasteiger partial charge in [0, 0.05) is 39.3 Å². The molecule has 0 atom stereocenters. The summed E-state index contributed by atoms with van der Waals surface area (Å²) in [5.41, 5.74) is 27.5. The van der Waals surface area contributed by atoms with Gasteiger partial charge < -0.3 is 33.6 Å². The normalized spacial score (nSPS) is 14.5. The summed E-state index contributed by atoms with van der Waals surface area (Å²) in [7, 11) is 0. The van der Waals surface area contributed by atoms with Gasteiger partial charge in [-0.25, -0.2) is 19.8 Å². The van der Waals surface area contributed by atoms with Crippen molar-refractivity contribution in [3.63, 3.8) is 0 Å². The van der Waals surface area contributed by atoms with E-state index in [1.165, 1.54) is 5.01 Å². The second kappa shape index (κ2) is 12.6. The van der Waals surface area contributed by atoms with Crippen molar-refractivity contribution in [3.05, 3.63) is 10.8 Å². The number of rotatable bonds is 8. The first-order valence-corrected chi connectivity index (χ1v) is 11.1. The molecule has 34 heavy (non-hydrogen) atoms. The number of hydrazone groups is 1. The summed E-state index contributed by atoms with van der Waals surface area (Å²) in [4.78, 5) is 40.4. The lowest BCUT2D eigenvalue weighted by Gasteiger charge is -2.36. The van der Waals surface area contributed by atoms with E-state index in [1.54, 1.807) is 11.8 Å². The fraction of sp³-hybridized carbons (Fsp3) is 0.556. The third kappa shape index (κ3) is 7.77. The molecule has 0 bridgehead atoms. The van der Waals surface area contributed by atoms with Crippen molar-refractivity contribution in [2.45, 2.75) is 19.8 Å². The van der Waals surface area contributed by atoms with Gasteiger partial charge in [0.1, 0.15) is 0 Å². The van der Waals surface area contributed by atoms with Crippen LogP contribution in [0.15, 0.2) is 10.1 Å². The predicted molar refractivity (Wildman–Crippen MR) is 131 cm³/mol. The molecule has 1 fully saturated rings. The highest BCUT2D eigenvalue weighted by atomic mass is 35.5. The molecule has 1 aliphatic rings. The molecule has 11 N–H and O–H groups in total. The predicted octanol–water partition coefficient (Wildman–Crippen LogP) is -1.63. The van der Waals surface area contributed by atoms with E-state index in [2.05, 4.69) is 30.3 Å². The van der Waals surface area contributed by atoms with Gasteiger partial charge in [-0.3, -0.25) is 20.0 Å². The van der Waals surface area contributed by atoms with Crippen LogP contribution >= 0.6 is 11.6 Å². The van der Waals surface area contributed by atoms with Gasteiger partial charge in [0.2, 0.25) is 5.96 Å². The number of urea groups is 1. The molecule has 0 saturated carbocycles. The molecular weight excluding hydrogens is 466 g/mol. The molecule has 15 nitrogen and oxygen atoms in total. The molecule has 2 rings (SSSR count). The van der Waals surface area contributed by atoms with Gasteiger partial charge in [-0.2, -0.15) is 0 Å². The molecular formula is C18H32ClN13O2. The van der Waals surface area contributed by atoms with Gasteiger partial charge in [0.15, 0.2) is 28.4 Å². The Balaban J connectivity index is 1.69. The highest BCUT2D eigenvalue weighted by Crippen LogP contribution is 2.17. The Morgan fingerprint density at radius 2 is 1.76 bits per heavy atom. The summed E-state index contributed by atoms with van der Waals surface area (Å²) < 4.78 is 0. The second-order valence-corrected chi connectivity index (χ2v) is 7.77. The number of nitrogens with two attached hydrogens (primary N) is 5. The summed E-state index contributed by atoms with van der Waals surface area (Å²) in [5.74, 6) is -1.12. The Morgan fingerprint density at radius 3 is 2.38 bits per heavy atom. The van der Waals surface area contributed by atoms with Crippen molar-refractivity contribution in [3.8, 4) is 0 Å². The Bertz CT molecular complexity index is 927. The van der Waals surface area contributed by atoms with E-state index in [1.807, 2.05) is 0 Å². The van der Waals surface area contributed by atoms with Crippen LogP contribution in [0.2, 0.25) is 5.15 Å². The SMILES string of the molecule is CCN(N=C(N)N)C(=O)N1CCN(CCCCN=C(N)NC(=O)c2nc(Cl)c(N)nc2N)CC1. The molecule has 2 heterocycles. The third-order valence-electron chi connectivity index (χ3n) is 4.93. The summed E-state index contributed by atoms with van der Waals surface area (Å²) in [6.07, 6.45) is 1.64. The number of amides is 3. The molecule has 0 aromatic carbocycles. The van der Waals surface area contributed by atoms with Crippen LogP contribution in [0.4, 0.5) is 16.4 Å². The van der Waals surface area contributed by atoms with E-state index in [0.29, 0.717) is 26.2 Å². The number of nitrogens with zero attached hydrogens (tertiary/aromatic N) is 7. The summed E-state index contributed by atoms with van der Waals surface area (Å²) in [6, 6.07) is -0.212. The number of guanidine groups is 2. The zero-order chi connectivity index (χ0) is 25.3. The Morgan fingerprint density at radius 1 is 1.09 bits per heavy atom. The lowest BCUT2D eigenvalue weighted by Crippen LogP contribution is -2.52. The average Bonchev–Trinajstić information content (AvgIpc) is 2.79. The highest BCUT2D eigenvalue weighted by Gasteiger charge is 2.24. The number of hydrogen-bond donors (Lipinski definition) is 6. The minimum Gasteiger partial charge on any atom is -0.382 e. The number of unbranched alkanes of at least 4 members (excludes halogenated alkanes) is 1. The molecule has 1 aromatic rings. The molecule has 3 amide bonds. The number of anilines is 2. The van der Waals surface area contributed by atoms with Crippen molar-refractivity contribution in [2.75, 3.05) is 57.3 Å². The lowest BCUT2D eigenvalue weighted by molar-refractivity contribution is 0.0972. The number of hydrogen-bond acceptors (Lipinski definition) is 9. The quantitative estimate of drug-likeness (QED) is 0.104. The van der Waals surface area contributed by atoms with E-state index in [-0.39, 0.29) is 40.4 Å². The van der Waals surface area contributed by atoms with Crippen molar-refractivity contribution in [1.29, 1.82) is 0 Å². The van der Waals surface area contributed by atoms with Gasteiger partial charge in [-0.15, -0.1) is 5.10 Å². The molecule has 0 spiro atoms. The largest absolute Gasteiger partial charge is 0.382 e. The molecule has 1 saturated heterocycles. The summed E-state index contributed by atoms with van der Waals surface area (Å²) >= 11 is 5.78. The zero-order valence-electron chi connectivity index (χ0n) is 19.1. The van der Waals surface area contributed by atoms with Gasteiger partial charge >= 0.3 is 6.03 Å². The fourth-order valence-corrected chi connectivity index (χ4v) is 3.31. The Labute approximate surface area is 202 Å². The van der Waals surface area contributed by atoms with E-state index in [9.17, 15) is 9.59 Å². The fourth-order valence-electron chi connectivity index (χ4n) is 3.18. The number of nitrogen functional groups attached to an aromatic ring is 2. The van der Waals surface area contributed by atoms with Crippen molar-refractivity contribution in [2.24, 2.45) is 27.3 Å². The van der Waals surface area contributed by atoms with Gasteiger partial charge in [0.05, 0.1) is 0 Å². The zero-order valence-corrected chi connectivity index (χ0v) is 19.8. The van der Waals surface area contributed by atoms with E-state index < -0.39 is 5.91 Å². The smallest absolute Gasteiger partial charge is 0.340 e. The van der Waals surface area contributed by atoms with Gasteiger partial charge in [-0.05, 0) is 26.3 Å². The first-order valence-electron chi connectivity index (χ1n) is 10.7. The maximum Gasteiger partial charge on any atom is 0.340 e. The van der Waals surface area contributed by atoms with Crippen LogP contribution in [-0.2, 0) is 0 Å². The molecule has 1 aromatic heterocycles. The first kappa shape index (κ1) is 26.7. The number of aromatic nitrogens is 2. The van der Waals surface area contributed by atoms with Crippen LogP contribution in [0.25, 0.3) is 0 Å². The molecule has 1 aliphatic heterocycles. The van der Waals surface area contributed by atoms with Crippen LogP contribution in [0.3, 0.4) is 0 Å². The summed E-state index contributed by atoms with van der Waals surface area (Å²) in [6.45, 7) is 6.15. The highest BCUT2D eigenvalue weighted by molar-refractivity contribution is 6.31. The number of halogens is 1. The van der Waals surface area contributed by atoms with E-state index >= 15 is 0 Å². The van der Waals surface area contributed by atoms with E-state index in [0.717, 1.165) is 32.5 Å². The van der Waals surface area contributed by atoms with Crippen molar-refractivity contribution >= 4 is 47.1 Å². The molecule has 0 aliphatic carbocycles. The lowest BCUT2D eigenvalue weighted by atomic mass is 10.2. The molecule has 0 radical (unpaired) electrons. The number of aliphatic imine (C=N–C) groups is 1. The third-order valence-corrected chi connectivity index (χ3v) is 5.20. The van der Waals surface area contributed by atoms with Gasteiger partial charge in [-0.1, -0.05) is 11.6 Å². The number of piperazine rings is 1. The monoisotopic (exact) mass is 497 g/mol. The van der Waals surface area contributed by atoms with Crippen molar-refractivity contribution in [1.82, 2.24) is 30.1 Å². The molecule has 0 unspecified atom stereocenters. The minimum absolute atomic E-state index is 0.0625. The molecule has 188 valence electrons. The topological polar surface area (TPSA) is 236 Å². The average molecular weight is 498 g/mol.